The molecule has 0 radical (unpaired) electrons. The van der Waals surface area contributed by atoms with Crippen molar-refractivity contribution in [1.29, 1.82) is 0 Å². The summed E-state index contributed by atoms with van der Waals surface area (Å²) in [4.78, 5) is 2.02. The lowest BCUT2D eigenvalue weighted by Gasteiger charge is -2.20. The molecule has 0 aliphatic rings. The molecular formula is C15H19F2N3O. The molecule has 0 atom stereocenters. The highest BCUT2D eigenvalue weighted by molar-refractivity contribution is 5.64. The van der Waals surface area contributed by atoms with Crippen molar-refractivity contribution in [3.63, 3.8) is 0 Å². The second-order valence-corrected chi connectivity index (χ2v) is 4.87. The van der Waals surface area contributed by atoms with Crippen LogP contribution in [0.25, 0.3) is 11.3 Å². The number of aromatic amines is 1. The zero-order chi connectivity index (χ0) is 15.2. The Hall–Kier alpha value is -1.79. The van der Waals surface area contributed by atoms with E-state index >= 15 is 0 Å². The molecule has 1 aromatic carbocycles. The van der Waals surface area contributed by atoms with E-state index in [2.05, 4.69) is 10.2 Å². The van der Waals surface area contributed by atoms with Crippen LogP contribution in [0.1, 0.15) is 18.9 Å². The molecule has 0 fully saturated rings. The van der Waals surface area contributed by atoms with Crippen LogP contribution in [0.2, 0.25) is 0 Å². The first-order valence-electron chi connectivity index (χ1n) is 6.97. The molecule has 1 aromatic heterocycles. The number of hydrogen-bond donors (Lipinski definition) is 2. The van der Waals surface area contributed by atoms with Gasteiger partial charge >= 0.3 is 0 Å². The summed E-state index contributed by atoms with van der Waals surface area (Å²) in [5.41, 5.74) is 0.969. The van der Waals surface area contributed by atoms with Crippen molar-refractivity contribution in [3.05, 3.63) is 41.6 Å². The van der Waals surface area contributed by atoms with Gasteiger partial charge < -0.3 is 5.11 Å². The third kappa shape index (κ3) is 3.65. The van der Waals surface area contributed by atoms with Gasteiger partial charge in [0.1, 0.15) is 11.6 Å². The highest BCUT2D eigenvalue weighted by atomic mass is 19.1. The van der Waals surface area contributed by atoms with E-state index in [0.29, 0.717) is 24.3 Å². The minimum absolute atomic E-state index is 0.0429. The molecule has 0 amide bonds. The van der Waals surface area contributed by atoms with E-state index in [1.54, 1.807) is 6.20 Å². The smallest absolute Gasteiger partial charge is 0.135 e. The van der Waals surface area contributed by atoms with E-state index in [0.717, 1.165) is 13.0 Å². The summed E-state index contributed by atoms with van der Waals surface area (Å²) >= 11 is 0. The third-order valence-corrected chi connectivity index (χ3v) is 3.28. The molecule has 6 heteroatoms. The summed E-state index contributed by atoms with van der Waals surface area (Å²) in [6, 6.07) is 3.78. The molecule has 0 bridgehead atoms. The molecular weight excluding hydrogens is 276 g/mol. The van der Waals surface area contributed by atoms with Crippen LogP contribution in [0, 0.1) is 11.6 Å². The number of nitrogens with one attached hydrogen (secondary N) is 1. The highest BCUT2D eigenvalue weighted by Gasteiger charge is 2.18. The molecule has 2 rings (SSSR count). The molecule has 0 aliphatic heterocycles. The van der Waals surface area contributed by atoms with E-state index in [1.807, 2.05) is 11.8 Å². The summed E-state index contributed by atoms with van der Waals surface area (Å²) in [5, 5.41) is 15.7. The zero-order valence-electron chi connectivity index (χ0n) is 11.9. The number of H-pyrrole nitrogens is 1. The summed E-state index contributed by atoms with van der Waals surface area (Å²) < 4.78 is 27.8. The van der Waals surface area contributed by atoms with Gasteiger partial charge in [0.25, 0.3) is 0 Å². The van der Waals surface area contributed by atoms with Crippen molar-refractivity contribution >= 4 is 0 Å². The van der Waals surface area contributed by atoms with Crippen LogP contribution in [0.4, 0.5) is 8.78 Å². The summed E-state index contributed by atoms with van der Waals surface area (Å²) in [5.74, 6) is -1.24. The molecule has 0 spiro atoms. The Balaban J connectivity index is 2.30. The van der Waals surface area contributed by atoms with Gasteiger partial charge in [0.2, 0.25) is 0 Å². The fraction of sp³-hybridized carbons (Fsp3) is 0.400. The van der Waals surface area contributed by atoms with Gasteiger partial charge in [-0.2, -0.15) is 5.10 Å². The number of aliphatic hydroxyl groups is 1. The van der Waals surface area contributed by atoms with Crippen molar-refractivity contribution in [3.8, 4) is 11.3 Å². The zero-order valence-corrected chi connectivity index (χ0v) is 11.9. The number of halogens is 2. The maximum Gasteiger partial charge on any atom is 0.135 e. The standard InChI is InChI=1S/C15H19F2N3O/c1-2-6-20(7-8-21)10-11-9-18-19-15(11)14-12(16)4-3-5-13(14)17/h3-5,9,21H,2,6-8,10H2,1H3,(H,18,19). The van der Waals surface area contributed by atoms with Gasteiger partial charge in [-0.1, -0.05) is 13.0 Å². The first-order chi connectivity index (χ1) is 10.2. The fourth-order valence-electron chi connectivity index (χ4n) is 2.35. The van der Waals surface area contributed by atoms with Crippen molar-refractivity contribution in [1.82, 2.24) is 15.1 Å². The maximum atomic E-state index is 13.9. The van der Waals surface area contributed by atoms with Crippen molar-refractivity contribution < 1.29 is 13.9 Å². The van der Waals surface area contributed by atoms with Crippen LogP contribution in [0.5, 0.6) is 0 Å². The number of rotatable bonds is 7. The lowest BCUT2D eigenvalue weighted by atomic mass is 10.1. The van der Waals surface area contributed by atoms with Gasteiger partial charge in [-0.3, -0.25) is 10.00 Å². The SMILES string of the molecule is CCCN(CCO)Cc1cn[nH]c1-c1c(F)cccc1F. The predicted molar refractivity (Wildman–Crippen MR) is 76.6 cm³/mol. The van der Waals surface area contributed by atoms with E-state index < -0.39 is 11.6 Å². The topological polar surface area (TPSA) is 52.1 Å². The highest BCUT2D eigenvalue weighted by Crippen LogP contribution is 2.27. The van der Waals surface area contributed by atoms with Gasteiger partial charge in [-0.05, 0) is 25.1 Å². The van der Waals surface area contributed by atoms with Gasteiger partial charge in [-0.15, -0.1) is 0 Å². The molecule has 1 heterocycles. The van der Waals surface area contributed by atoms with Gasteiger partial charge in [-0.25, -0.2) is 8.78 Å². The fourth-order valence-corrected chi connectivity index (χ4v) is 2.35. The minimum atomic E-state index is -0.621. The Morgan fingerprint density at radius 3 is 2.57 bits per heavy atom. The molecule has 4 nitrogen and oxygen atoms in total. The normalized spacial score (nSPS) is 11.3. The lowest BCUT2D eigenvalue weighted by Crippen LogP contribution is -2.27. The minimum Gasteiger partial charge on any atom is -0.395 e. The monoisotopic (exact) mass is 295 g/mol. The van der Waals surface area contributed by atoms with E-state index in [1.165, 1.54) is 18.2 Å². The summed E-state index contributed by atoms with van der Waals surface area (Å²) in [7, 11) is 0. The van der Waals surface area contributed by atoms with E-state index in [4.69, 9.17) is 5.11 Å². The molecule has 114 valence electrons. The van der Waals surface area contributed by atoms with Gasteiger partial charge in [0, 0.05) is 18.7 Å². The number of nitrogens with zero attached hydrogens (tertiary/aromatic N) is 2. The Morgan fingerprint density at radius 1 is 1.24 bits per heavy atom. The van der Waals surface area contributed by atoms with Crippen LogP contribution < -0.4 is 0 Å². The van der Waals surface area contributed by atoms with Crippen LogP contribution in [0.3, 0.4) is 0 Å². The number of aliphatic hydroxyl groups excluding tert-OH is 1. The van der Waals surface area contributed by atoms with Crippen molar-refractivity contribution in [2.75, 3.05) is 19.7 Å². The van der Waals surface area contributed by atoms with Gasteiger partial charge in [0.15, 0.2) is 0 Å². The molecule has 0 saturated carbocycles. The Labute approximate surface area is 122 Å². The first kappa shape index (κ1) is 15.6. The Kier molecular flexibility index (Phi) is 5.41. The number of hydrogen-bond acceptors (Lipinski definition) is 3. The lowest BCUT2D eigenvalue weighted by molar-refractivity contribution is 0.190. The second kappa shape index (κ2) is 7.28. The van der Waals surface area contributed by atoms with E-state index in [9.17, 15) is 8.78 Å². The molecule has 21 heavy (non-hydrogen) atoms. The van der Waals surface area contributed by atoms with Crippen LogP contribution in [0.15, 0.2) is 24.4 Å². The quantitative estimate of drug-likeness (QED) is 0.825. The number of benzene rings is 1. The average Bonchev–Trinajstić information content (AvgIpc) is 2.87. The van der Waals surface area contributed by atoms with Crippen LogP contribution >= 0.6 is 0 Å². The second-order valence-electron chi connectivity index (χ2n) is 4.87. The molecule has 0 aliphatic carbocycles. The molecule has 0 unspecified atom stereocenters. The van der Waals surface area contributed by atoms with Crippen LogP contribution in [-0.2, 0) is 6.54 Å². The molecule has 2 N–H and O–H groups in total. The largest absolute Gasteiger partial charge is 0.395 e. The molecule has 0 saturated heterocycles. The third-order valence-electron chi connectivity index (χ3n) is 3.28. The van der Waals surface area contributed by atoms with Crippen molar-refractivity contribution in [2.24, 2.45) is 0 Å². The Bertz CT molecular complexity index is 560. The summed E-state index contributed by atoms with van der Waals surface area (Å²) in [6.07, 6.45) is 2.50. The van der Waals surface area contributed by atoms with E-state index in [-0.39, 0.29) is 12.2 Å². The maximum absolute atomic E-state index is 13.9. The predicted octanol–water partition coefficient (Wildman–Crippen LogP) is 2.56. The van der Waals surface area contributed by atoms with Crippen molar-refractivity contribution in [2.45, 2.75) is 19.9 Å². The number of aromatic nitrogens is 2. The Morgan fingerprint density at radius 2 is 1.95 bits per heavy atom. The van der Waals surface area contributed by atoms with Gasteiger partial charge in [0.05, 0.1) is 24.1 Å². The average molecular weight is 295 g/mol. The first-order valence-corrected chi connectivity index (χ1v) is 6.97. The molecule has 2 aromatic rings. The van der Waals surface area contributed by atoms with Crippen LogP contribution in [-0.4, -0.2) is 39.9 Å². The summed E-state index contributed by atoms with van der Waals surface area (Å²) in [6.45, 7) is 3.87.